The molecule has 0 heterocycles. The summed E-state index contributed by atoms with van der Waals surface area (Å²) in [6.07, 6.45) is 1.95. The van der Waals surface area contributed by atoms with Crippen LogP contribution in [0.4, 0.5) is 0 Å². The highest BCUT2D eigenvalue weighted by Gasteiger charge is 2.29. The third-order valence-electron chi connectivity index (χ3n) is 6.06. The van der Waals surface area contributed by atoms with Crippen LogP contribution in [0.5, 0.6) is 5.75 Å². The van der Waals surface area contributed by atoms with E-state index in [0.717, 1.165) is 32.7 Å². The van der Waals surface area contributed by atoms with E-state index >= 15 is 0 Å². The Hall–Kier alpha value is -3.13. The molecule has 138 valence electrons. The Labute approximate surface area is 164 Å². The third kappa shape index (κ3) is 2.68. The maximum atomic E-state index is 12.8. The van der Waals surface area contributed by atoms with Gasteiger partial charge in [0, 0.05) is 17.7 Å². The van der Waals surface area contributed by atoms with Crippen molar-refractivity contribution in [2.24, 2.45) is 0 Å². The van der Waals surface area contributed by atoms with Gasteiger partial charge in [-0.2, -0.15) is 0 Å². The van der Waals surface area contributed by atoms with Gasteiger partial charge >= 0.3 is 0 Å². The number of hydrogen-bond donors (Lipinski definition) is 1. The molecule has 0 amide bonds. The molecular weight excluding hydrogens is 344 g/mol. The molecular formula is C26H22O2. The zero-order chi connectivity index (χ0) is 19.3. The summed E-state index contributed by atoms with van der Waals surface area (Å²) < 4.78 is 0. The van der Waals surface area contributed by atoms with Gasteiger partial charge in [-0.25, -0.2) is 0 Å². The SMILES string of the molecule is Cc1ccc2c(c1)cc(O)c1c3c(ccc12)C(Cc1ccccc1)C(=O)CC3. The number of aryl methyl sites for hydroxylation is 2. The first-order chi connectivity index (χ1) is 13.6. The Kier molecular flexibility index (Phi) is 3.94. The zero-order valence-electron chi connectivity index (χ0n) is 15.9. The molecule has 0 spiro atoms. The minimum absolute atomic E-state index is 0.135. The predicted octanol–water partition coefficient (Wildman–Crippen LogP) is 5.85. The van der Waals surface area contributed by atoms with Gasteiger partial charge in [0.1, 0.15) is 11.5 Å². The van der Waals surface area contributed by atoms with Crippen molar-refractivity contribution < 1.29 is 9.90 Å². The Morgan fingerprint density at radius 3 is 2.54 bits per heavy atom. The summed E-state index contributed by atoms with van der Waals surface area (Å²) >= 11 is 0. The number of carbonyl (C=O) groups excluding carboxylic acids is 1. The quantitative estimate of drug-likeness (QED) is 0.452. The molecule has 1 unspecified atom stereocenters. The first kappa shape index (κ1) is 17.0. The van der Waals surface area contributed by atoms with Gasteiger partial charge < -0.3 is 5.11 Å². The predicted molar refractivity (Wildman–Crippen MR) is 114 cm³/mol. The maximum absolute atomic E-state index is 12.8. The van der Waals surface area contributed by atoms with Gasteiger partial charge in [-0.3, -0.25) is 4.79 Å². The Balaban J connectivity index is 1.72. The average Bonchev–Trinajstić information content (AvgIpc) is 2.70. The van der Waals surface area contributed by atoms with E-state index in [4.69, 9.17) is 0 Å². The van der Waals surface area contributed by atoms with Crippen LogP contribution in [0.1, 0.15) is 34.6 Å². The van der Waals surface area contributed by atoms with Crippen LogP contribution in [0.25, 0.3) is 21.5 Å². The second-order valence-corrected chi connectivity index (χ2v) is 7.88. The van der Waals surface area contributed by atoms with Gasteiger partial charge in [0.25, 0.3) is 0 Å². The fourth-order valence-electron chi connectivity index (χ4n) is 4.71. The van der Waals surface area contributed by atoms with Crippen molar-refractivity contribution in [3.63, 3.8) is 0 Å². The lowest BCUT2D eigenvalue weighted by atomic mass is 9.76. The largest absolute Gasteiger partial charge is 0.507 e. The van der Waals surface area contributed by atoms with Crippen molar-refractivity contribution in [2.75, 3.05) is 0 Å². The molecule has 28 heavy (non-hydrogen) atoms. The second kappa shape index (κ2) is 6.49. The van der Waals surface area contributed by atoms with E-state index in [-0.39, 0.29) is 5.92 Å². The van der Waals surface area contributed by atoms with Crippen molar-refractivity contribution >= 4 is 27.3 Å². The van der Waals surface area contributed by atoms with Crippen molar-refractivity contribution in [1.82, 2.24) is 0 Å². The molecule has 2 nitrogen and oxygen atoms in total. The molecule has 0 saturated heterocycles. The minimum Gasteiger partial charge on any atom is -0.507 e. The van der Waals surface area contributed by atoms with E-state index in [0.29, 0.717) is 30.8 Å². The van der Waals surface area contributed by atoms with E-state index in [1.165, 1.54) is 11.1 Å². The van der Waals surface area contributed by atoms with Crippen LogP contribution in [-0.2, 0) is 17.6 Å². The first-order valence-corrected chi connectivity index (χ1v) is 9.86. The van der Waals surface area contributed by atoms with Gasteiger partial charge in [0.2, 0.25) is 0 Å². The summed E-state index contributed by atoms with van der Waals surface area (Å²) in [5, 5.41) is 15.1. The van der Waals surface area contributed by atoms with Crippen molar-refractivity contribution in [1.29, 1.82) is 0 Å². The molecule has 0 bridgehead atoms. The van der Waals surface area contributed by atoms with Gasteiger partial charge in [0.05, 0.1) is 0 Å². The number of benzene rings is 4. The number of phenols is 1. The number of aromatic hydroxyl groups is 1. The number of phenolic OH excluding ortho intramolecular Hbond substituents is 1. The molecule has 1 atom stereocenters. The standard InChI is InChI=1S/C26H22O2/c1-16-7-8-19-18(13-16)15-25(28)26-21(19)10-9-20-22(26)11-12-24(27)23(20)14-17-5-3-2-4-6-17/h2-10,13,15,23,28H,11-12,14H2,1H3. The van der Waals surface area contributed by atoms with E-state index in [1.54, 1.807) is 0 Å². The van der Waals surface area contributed by atoms with Crippen molar-refractivity contribution in [3.8, 4) is 5.75 Å². The summed E-state index contributed by atoms with van der Waals surface area (Å²) in [6, 6.07) is 22.6. The highest BCUT2D eigenvalue weighted by Crippen LogP contribution is 2.42. The minimum atomic E-state index is -0.135. The van der Waals surface area contributed by atoms with Gasteiger partial charge in [-0.05, 0) is 58.7 Å². The lowest BCUT2D eigenvalue weighted by Gasteiger charge is -2.26. The van der Waals surface area contributed by atoms with Gasteiger partial charge in [-0.15, -0.1) is 0 Å². The fraction of sp³-hybridized carbons (Fsp3) is 0.192. The molecule has 0 aromatic heterocycles. The van der Waals surface area contributed by atoms with Gasteiger partial charge in [-0.1, -0.05) is 66.2 Å². The lowest BCUT2D eigenvalue weighted by Crippen LogP contribution is -2.22. The summed E-state index contributed by atoms with van der Waals surface area (Å²) in [6.45, 7) is 2.06. The number of Topliss-reactive ketones (excluding diaryl/α,β-unsaturated/α-hetero) is 1. The van der Waals surface area contributed by atoms with Crippen LogP contribution in [0.15, 0.2) is 66.7 Å². The number of hydrogen-bond acceptors (Lipinski definition) is 2. The van der Waals surface area contributed by atoms with Crippen LogP contribution in [0.3, 0.4) is 0 Å². The second-order valence-electron chi connectivity index (χ2n) is 7.88. The first-order valence-electron chi connectivity index (χ1n) is 9.86. The molecule has 5 rings (SSSR count). The van der Waals surface area contributed by atoms with E-state index in [9.17, 15) is 9.90 Å². The molecule has 0 aliphatic heterocycles. The topological polar surface area (TPSA) is 37.3 Å². The molecule has 1 aliphatic carbocycles. The molecule has 2 heteroatoms. The van der Waals surface area contributed by atoms with E-state index in [2.05, 4.69) is 49.4 Å². The van der Waals surface area contributed by atoms with Crippen LogP contribution in [0.2, 0.25) is 0 Å². The maximum Gasteiger partial charge on any atom is 0.141 e. The Morgan fingerprint density at radius 1 is 0.929 bits per heavy atom. The number of ketones is 1. The van der Waals surface area contributed by atoms with Gasteiger partial charge in [0.15, 0.2) is 0 Å². The van der Waals surface area contributed by atoms with Crippen LogP contribution in [-0.4, -0.2) is 10.9 Å². The monoisotopic (exact) mass is 366 g/mol. The summed E-state index contributed by atoms with van der Waals surface area (Å²) in [7, 11) is 0. The normalized spacial score (nSPS) is 16.5. The number of carbonyl (C=O) groups is 1. The average molecular weight is 366 g/mol. The van der Waals surface area contributed by atoms with Crippen LogP contribution >= 0.6 is 0 Å². The van der Waals surface area contributed by atoms with Crippen LogP contribution in [0, 0.1) is 6.92 Å². The lowest BCUT2D eigenvalue weighted by molar-refractivity contribution is -0.120. The zero-order valence-corrected chi connectivity index (χ0v) is 15.9. The van der Waals surface area contributed by atoms with Crippen molar-refractivity contribution in [2.45, 2.75) is 32.1 Å². The van der Waals surface area contributed by atoms with E-state index < -0.39 is 0 Å². The highest BCUT2D eigenvalue weighted by molar-refractivity contribution is 6.12. The Morgan fingerprint density at radius 2 is 1.71 bits per heavy atom. The third-order valence-corrected chi connectivity index (χ3v) is 6.06. The van der Waals surface area contributed by atoms with Crippen molar-refractivity contribution in [3.05, 3.63) is 89.0 Å². The molecule has 4 aromatic rings. The summed E-state index contributed by atoms with van der Waals surface area (Å²) in [4.78, 5) is 12.8. The summed E-state index contributed by atoms with van der Waals surface area (Å²) in [5.74, 6) is 0.480. The molecule has 0 fully saturated rings. The molecule has 0 saturated carbocycles. The molecule has 1 N–H and O–H groups in total. The summed E-state index contributed by atoms with van der Waals surface area (Å²) in [5.41, 5.74) is 4.57. The number of rotatable bonds is 2. The molecule has 1 aliphatic rings. The van der Waals surface area contributed by atoms with E-state index in [1.807, 2.05) is 24.3 Å². The smallest absolute Gasteiger partial charge is 0.141 e. The molecule has 0 radical (unpaired) electrons. The highest BCUT2D eigenvalue weighted by atomic mass is 16.3. The number of fused-ring (bicyclic) bond motifs is 5. The Bertz CT molecular complexity index is 1220. The molecule has 4 aromatic carbocycles. The fourth-order valence-corrected chi connectivity index (χ4v) is 4.71. The van der Waals surface area contributed by atoms with Crippen LogP contribution < -0.4 is 0 Å².